The van der Waals surface area contributed by atoms with Crippen molar-refractivity contribution >= 4 is 32.6 Å². The van der Waals surface area contributed by atoms with Gasteiger partial charge in [0.15, 0.2) is 22.5 Å². The highest BCUT2D eigenvalue weighted by Gasteiger charge is 2.41. The first kappa shape index (κ1) is 20.0. The maximum atomic E-state index is 13.8. The highest BCUT2D eigenvalue weighted by molar-refractivity contribution is 7.22. The lowest BCUT2D eigenvalue weighted by Crippen LogP contribution is -2.21. The summed E-state index contributed by atoms with van der Waals surface area (Å²) in [6.45, 7) is 1.62. The number of anilines is 1. The average Bonchev–Trinajstić information content (AvgIpc) is 3.26. The second-order valence-corrected chi connectivity index (χ2v) is 7.34. The van der Waals surface area contributed by atoms with Crippen LogP contribution in [-0.2, 0) is 6.18 Å². The molecule has 0 aliphatic rings. The molecule has 0 unspecified atom stereocenters. The Hall–Kier alpha value is -3.34. The number of rotatable bonds is 3. The van der Waals surface area contributed by atoms with Gasteiger partial charge >= 0.3 is 6.18 Å². The van der Waals surface area contributed by atoms with Crippen molar-refractivity contribution in [1.82, 2.24) is 14.8 Å². The van der Waals surface area contributed by atoms with E-state index in [4.69, 9.17) is 0 Å². The minimum atomic E-state index is -4.87. The summed E-state index contributed by atoms with van der Waals surface area (Å²) in [6.07, 6.45) is -4.05. The number of aryl methyl sites for hydroxylation is 1. The van der Waals surface area contributed by atoms with E-state index in [0.29, 0.717) is 10.2 Å². The van der Waals surface area contributed by atoms with Gasteiger partial charge in [0.1, 0.15) is 0 Å². The molecule has 0 bridgehead atoms. The Kier molecular flexibility index (Phi) is 4.77. The van der Waals surface area contributed by atoms with Gasteiger partial charge in [-0.2, -0.15) is 18.3 Å². The van der Waals surface area contributed by atoms with E-state index in [1.165, 1.54) is 6.07 Å². The zero-order valence-electron chi connectivity index (χ0n) is 15.1. The van der Waals surface area contributed by atoms with E-state index < -0.39 is 35.0 Å². The van der Waals surface area contributed by atoms with Crippen molar-refractivity contribution in [1.29, 1.82) is 0 Å². The zero-order chi connectivity index (χ0) is 21.6. The molecular weight excluding hydrogens is 427 g/mol. The van der Waals surface area contributed by atoms with Crippen LogP contribution in [0.5, 0.6) is 0 Å². The van der Waals surface area contributed by atoms with Gasteiger partial charge in [-0.25, -0.2) is 18.4 Å². The third-order valence-corrected chi connectivity index (χ3v) is 5.21. The Labute approximate surface area is 169 Å². The van der Waals surface area contributed by atoms with Crippen LogP contribution in [0.4, 0.5) is 27.1 Å². The van der Waals surface area contributed by atoms with E-state index in [1.54, 1.807) is 25.1 Å². The lowest BCUT2D eigenvalue weighted by atomic mass is 10.2. The lowest BCUT2D eigenvalue weighted by molar-refractivity contribution is -0.143. The molecule has 2 aromatic carbocycles. The highest BCUT2D eigenvalue weighted by Crippen LogP contribution is 2.35. The second kappa shape index (κ2) is 7.17. The number of nitrogens with one attached hydrogen (secondary N) is 1. The van der Waals surface area contributed by atoms with Crippen LogP contribution in [-0.4, -0.2) is 20.7 Å². The number of thiazole rings is 1. The molecule has 5 nitrogen and oxygen atoms in total. The molecule has 2 aromatic heterocycles. The maximum Gasteiger partial charge on any atom is 0.434 e. The first-order valence-corrected chi connectivity index (χ1v) is 9.25. The van der Waals surface area contributed by atoms with Gasteiger partial charge in [-0.3, -0.25) is 10.1 Å². The van der Waals surface area contributed by atoms with Crippen molar-refractivity contribution in [2.24, 2.45) is 0 Å². The van der Waals surface area contributed by atoms with Gasteiger partial charge in [-0.05, 0) is 24.6 Å². The van der Waals surface area contributed by atoms with Crippen molar-refractivity contribution < 1.29 is 26.7 Å². The van der Waals surface area contributed by atoms with Gasteiger partial charge in [-0.1, -0.05) is 29.5 Å². The predicted molar refractivity (Wildman–Crippen MR) is 101 cm³/mol. The number of nitrogens with zero attached hydrogens (tertiary/aromatic N) is 3. The normalized spacial score (nSPS) is 11.8. The molecule has 2 heterocycles. The monoisotopic (exact) mass is 438 g/mol. The number of amides is 1. The Balaban J connectivity index is 1.74. The number of aromatic nitrogens is 3. The number of benzene rings is 2. The first-order valence-electron chi connectivity index (χ1n) is 8.43. The number of alkyl halides is 3. The molecule has 0 spiro atoms. The van der Waals surface area contributed by atoms with Crippen LogP contribution in [0.1, 0.15) is 21.6 Å². The molecule has 0 saturated carbocycles. The average molecular weight is 438 g/mol. The van der Waals surface area contributed by atoms with Gasteiger partial charge in [0.25, 0.3) is 5.91 Å². The molecule has 0 saturated heterocycles. The molecule has 4 rings (SSSR count). The lowest BCUT2D eigenvalue weighted by Gasteiger charge is -2.14. The summed E-state index contributed by atoms with van der Waals surface area (Å²) >= 11 is 0.804. The smallest absolute Gasteiger partial charge is 0.298 e. The largest absolute Gasteiger partial charge is 0.434 e. The minimum Gasteiger partial charge on any atom is -0.298 e. The summed E-state index contributed by atoms with van der Waals surface area (Å²) in [5, 5.41) is 5.91. The molecule has 0 radical (unpaired) electrons. The number of hydrogen-bond acceptors (Lipinski definition) is 4. The van der Waals surface area contributed by atoms with E-state index in [1.807, 2.05) is 0 Å². The van der Waals surface area contributed by atoms with Gasteiger partial charge in [-0.15, -0.1) is 0 Å². The van der Waals surface area contributed by atoms with Crippen molar-refractivity contribution in [2.45, 2.75) is 13.1 Å². The summed E-state index contributed by atoms with van der Waals surface area (Å²) in [5.74, 6) is -3.31. The van der Waals surface area contributed by atoms with Crippen LogP contribution in [0.25, 0.3) is 15.9 Å². The van der Waals surface area contributed by atoms with Crippen molar-refractivity contribution in [2.75, 3.05) is 5.32 Å². The standard InChI is InChI=1S/C19H11F5N4OS/c1-9-4-2-3-5-14(9)28-16(19(22,23)24)10(8-25-28)17(29)27-18-26-13-6-11(20)12(21)7-15(13)30-18/h2-8H,1H3,(H,26,27,29). The Morgan fingerprint density at radius 3 is 2.53 bits per heavy atom. The summed E-state index contributed by atoms with van der Waals surface area (Å²) in [4.78, 5) is 16.5. The van der Waals surface area contributed by atoms with Crippen molar-refractivity contribution in [3.63, 3.8) is 0 Å². The fraction of sp³-hybridized carbons (Fsp3) is 0.105. The molecule has 1 N–H and O–H groups in total. The fourth-order valence-electron chi connectivity index (χ4n) is 2.91. The van der Waals surface area contributed by atoms with Gasteiger partial charge in [0, 0.05) is 6.07 Å². The van der Waals surface area contributed by atoms with Crippen LogP contribution >= 0.6 is 11.3 Å². The molecule has 154 valence electrons. The van der Waals surface area contributed by atoms with E-state index in [-0.39, 0.29) is 21.0 Å². The predicted octanol–water partition coefficient (Wildman–Crippen LogP) is 5.34. The third kappa shape index (κ3) is 3.52. The van der Waals surface area contributed by atoms with Crippen LogP contribution in [0, 0.1) is 18.6 Å². The van der Waals surface area contributed by atoms with E-state index in [9.17, 15) is 26.7 Å². The van der Waals surface area contributed by atoms with E-state index in [0.717, 1.165) is 29.7 Å². The molecular formula is C19H11F5N4OS. The number of carbonyl (C=O) groups excluding carboxylic acids is 1. The van der Waals surface area contributed by atoms with Crippen molar-refractivity contribution in [3.8, 4) is 5.69 Å². The molecule has 0 fully saturated rings. The molecule has 0 atom stereocenters. The third-order valence-electron chi connectivity index (χ3n) is 4.28. The number of fused-ring (bicyclic) bond motifs is 1. The summed E-state index contributed by atoms with van der Waals surface area (Å²) < 4.78 is 68.9. The van der Waals surface area contributed by atoms with E-state index >= 15 is 0 Å². The minimum absolute atomic E-state index is 0.0702. The Morgan fingerprint density at radius 1 is 1.13 bits per heavy atom. The van der Waals surface area contributed by atoms with Gasteiger partial charge in [0.05, 0.1) is 27.7 Å². The first-order chi connectivity index (χ1) is 14.1. The van der Waals surface area contributed by atoms with Crippen LogP contribution in [0.15, 0.2) is 42.6 Å². The highest BCUT2D eigenvalue weighted by atomic mass is 32.1. The van der Waals surface area contributed by atoms with Crippen molar-refractivity contribution in [3.05, 3.63) is 71.1 Å². The van der Waals surface area contributed by atoms with Crippen LogP contribution in [0.2, 0.25) is 0 Å². The number of carbonyl (C=O) groups is 1. The molecule has 1 amide bonds. The summed E-state index contributed by atoms with van der Waals surface area (Å²) in [5.41, 5.74) is -1.17. The Bertz CT molecular complexity index is 1240. The number of para-hydroxylation sites is 1. The topological polar surface area (TPSA) is 59.8 Å². The van der Waals surface area contributed by atoms with Crippen LogP contribution < -0.4 is 5.32 Å². The fourth-order valence-corrected chi connectivity index (χ4v) is 3.78. The Morgan fingerprint density at radius 2 is 1.83 bits per heavy atom. The molecule has 4 aromatic rings. The molecule has 0 aliphatic carbocycles. The van der Waals surface area contributed by atoms with Gasteiger partial charge in [0.2, 0.25) is 0 Å². The summed E-state index contributed by atoms with van der Waals surface area (Å²) in [6, 6.07) is 8.04. The summed E-state index contributed by atoms with van der Waals surface area (Å²) in [7, 11) is 0. The molecule has 0 aliphatic heterocycles. The number of hydrogen-bond donors (Lipinski definition) is 1. The zero-order valence-corrected chi connectivity index (χ0v) is 15.9. The SMILES string of the molecule is Cc1ccccc1-n1ncc(C(=O)Nc2nc3cc(F)c(F)cc3s2)c1C(F)(F)F. The molecule has 30 heavy (non-hydrogen) atoms. The quantitative estimate of drug-likeness (QED) is 0.440. The second-order valence-electron chi connectivity index (χ2n) is 6.31. The molecule has 11 heteroatoms. The maximum absolute atomic E-state index is 13.8. The number of halogens is 5. The van der Waals surface area contributed by atoms with E-state index in [2.05, 4.69) is 15.4 Å². The van der Waals surface area contributed by atoms with Gasteiger partial charge < -0.3 is 0 Å². The van der Waals surface area contributed by atoms with Crippen LogP contribution in [0.3, 0.4) is 0 Å².